The first-order chi connectivity index (χ1) is 8.78. The Morgan fingerprint density at radius 3 is 2.72 bits per heavy atom. The van der Waals surface area contributed by atoms with Gasteiger partial charge in [-0.1, -0.05) is 12.1 Å². The van der Waals surface area contributed by atoms with E-state index in [0.717, 1.165) is 36.1 Å². The van der Waals surface area contributed by atoms with Crippen molar-refractivity contribution >= 4 is 11.6 Å². The van der Waals surface area contributed by atoms with E-state index in [1.54, 1.807) is 0 Å². The molecule has 3 heteroatoms. The second kappa shape index (κ2) is 4.63. The molecular formula is C15H19NO2. The van der Waals surface area contributed by atoms with Gasteiger partial charge in [-0.2, -0.15) is 0 Å². The van der Waals surface area contributed by atoms with Gasteiger partial charge in [-0.25, -0.2) is 0 Å². The maximum absolute atomic E-state index is 12.2. The molecule has 0 saturated heterocycles. The first kappa shape index (κ1) is 11.6. The molecule has 18 heavy (non-hydrogen) atoms. The summed E-state index contributed by atoms with van der Waals surface area (Å²) >= 11 is 0. The predicted octanol–water partition coefficient (Wildman–Crippen LogP) is 3.07. The average molecular weight is 245 g/mol. The monoisotopic (exact) mass is 245 g/mol. The molecule has 1 aromatic rings. The number of carbonyl (C=O) groups is 1. The molecule has 0 spiro atoms. The Hall–Kier alpha value is -1.51. The highest BCUT2D eigenvalue weighted by Gasteiger charge is 2.48. The Morgan fingerprint density at radius 1 is 1.28 bits per heavy atom. The first-order valence-corrected chi connectivity index (χ1v) is 6.80. The lowest BCUT2D eigenvalue weighted by Crippen LogP contribution is -2.22. The van der Waals surface area contributed by atoms with Crippen molar-refractivity contribution in [2.45, 2.75) is 26.2 Å². The third kappa shape index (κ3) is 2.22. The van der Waals surface area contributed by atoms with Gasteiger partial charge in [-0.15, -0.1) is 0 Å². The van der Waals surface area contributed by atoms with Gasteiger partial charge in [0.1, 0.15) is 5.75 Å². The zero-order valence-electron chi connectivity index (χ0n) is 10.7. The third-order valence-electron chi connectivity index (χ3n) is 4.06. The van der Waals surface area contributed by atoms with Gasteiger partial charge >= 0.3 is 0 Å². The molecule has 2 aliphatic carbocycles. The third-order valence-corrected chi connectivity index (χ3v) is 4.06. The van der Waals surface area contributed by atoms with Crippen LogP contribution in [0.25, 0.3) is 0 Å². The minimum Gasteiger partial charge on any atom is -0.492 e. The number of fused-ring (bicyclic) bond motifs is 1. The van der Waals surface area contributed by atoms with Crippen molar-refractivity contribution in [2.75, 3.05) is 11.9 Å². The van der Waals surface area contributed by atoms with Crippen LogP contribution in [0.2, 0.25) is 0 Å². The van der Waals surface area contributed by atoms with Gasteiger partial charge in [0.15, 0.2) is 0 Å². The smallest absolute Gasteiger partial charge is 0.227 e. The van der Waals surface area contributed by atoms with Gasteiger partial charge in [-0.05, 0) is 50.2 Å². The Bertz CT molecular complexity index is 448. The molecule has 0 heterocycles. The number of carbonyl (C=O) groups excluding carboxylic acids is 1. The van der Waals surface area contributed by atoms with Crippen molar-refractivity contribution in [3.05, 3.63) is 24.3 Å². The number of rotatable bonds is 4. The lowest BCUT2D eigenvalue weighted by atomic mass is 10.0. The highest BCUT2D eigenvalue weighted by Crippen LogP contribution is 2.54. The Balaban J connectivity index is 1.66. The molecule has 1 aromatic carbocycles. The van der Waals surface area contributed by atoms with Crippen LogP contribution in [0.5, 0.6) is 5.75 Å². The van der Waals surface area contributed by atoms with Gasteiger partial charge in [0.05, 0.1) is 12.3 Å². The van der Waals surface area contributed by atoms with Gasteiger partial charge in [-0.3, -0.25) is 4.79 Å². The van der Waals surface area contributed by atoms with Crippen LogP contribution in [-0.4, -0.2) is 12.5 Å². The molecule has 1 amide bonds. The molecular weight excluding hydrogens is 226 g/mol. The molecule has 0 bridgehead atoms. The summed E-state index contributed by atoms with van der Waals surface area (Å²) in [6.07, 6.45) is 3.50. The number of nitrogens with one attached hydrogen (secondary N) is 1. The number of amides is 1. The average Bonchev–Trinajstić information content (AvgIpc) is 2.99. The minimum absolute atomic E-state index is 0.161. The first-order valence-electron chi connectivity index (χ1n) is 6.80. The fraction of sp³-hybridized carbons (Fsp3) is 0.533. The molecule has 1 N–H and O–H groups in total. The summed E-state index contributed by atoms with van der Waals surface area (Å²) in [6.45, 7) is 2.56. The number of hydrogen-bond donors (Lipinski definition) is 1. The minimum atomic E-state index is 0.161. The Kier molecular flexibility index (Phi) is 2.98. The van der Waals surface area contributed by atoms with Crippen molar-refractivity contribution in [2.24, 2.45) is 17.8 Å². The van der Waals surface area contributed by atoms with E-state index in [0.29, 0.717) is 6.61 Å². The summed E-state index contributed by atoms with van der Waals surface area (Å²) in [4.78, 5) is 12.2. The number of benzene rings is 1. The summed E-state index contributed by atoms with van der Waals surface area (Å²) in [6, 6.07) is 7.64. The van der Waals surface area contributed by atoms with E-state index in [-0.39, 0.29) is 11.8 Å². The van der Waals surface area contributed by atoms with E-state index in [4.69, 9.17) is 4.74 Å². The van der Waals surface area contributed by atoms with Gasteiger partial charge in [0.2, 0.25) is 5.91 Å². The van der Waals surface area contributed by atoms with Crippen LogP contribution in [0.3, 0.4) is 0 Å². The molecule has 3 rings (SSSR count). The van der Waals surface area contributed by atoms with Crippen molar-refractivity contribution in [1.82, 2.24) is 0 Å². The molecule has 2 fully saturated rings. The van der Waals surface area contributed by atoms with E-state index >= 15 is 0 Å². The normalized spacial score (nSPS) is 28.6. The predicted molar refractivity (Wildman–Crippen MR) is 70.6 cm³/mol. The van der Waals surface area contributed by atoms with E-state index in [2.05, 4.69) is 5.32 Å². The maximum atomic E-state index is 12.2. The lowest BCUT2D eigenvalue weighted by Gasteiger charge is -2.15. The highest BCUT2D eigenvalue weighted by atomic mass is 16.5. The number of anilines is 1. The van der Waals surface area contributed by atoms with E-state index in [1.807, 2.05) is 31.2 Å². The standard InChI is InChI=1S/C15H19NO2/c1-2-18-14-6-4-3-5-13(14)16-15(17)12-8-10-7-11(10)9-12/h3-6,10-12H,2,7-9H2,1H3,(H,16,17). The molecule has 3 nitrogen and oxygen atoms in total. The fourth-order valence-corrected chi connectivity index (χ4v) is 3.01. The van der Waals surface area contributed by atoms with Gasteiger partial charge in [0, 0.05) is 5.92 Å². The van der Waals surface area contributed by atoms with E-state index < -0.39 is 0 Å². The van der Waals surface area contributed by atoms with Crippen LogP contribution in [0, 0.1) is 17.8 Å². The number of hydrogen-bond acceptors (Lipinski definition) is 2. The van der Waals surface area contributed by atoms with Crippen LogP contribution >= 0.6 is 0 Å². The molecule has 2 unspecified atom stereocenters. The molecule has 96 valence electrons. The topological polar surface area (TPSA) is 38.3 Å². The zero-order valence-corrected chi connectivity index (χ0v) is 10.7. The van der Waals surface area contributed by atoms with Crippen LogP contribution < -0.4 is 10.1 Å². The quantitative estimate of drug-likeness (QED) is 0.885. The fourth-order valence-electron chi connectivity index (χ4n) is 3.01. The summed E-state index contributed by atoms with van der Waals surface area (Å²) in [7, 11) is 0. The van der Waals surface area contributed by atoms with Gasteiger partial charge in [0.25, 0.3) is 0 Å². The molecule has 2 aliphatic rings. The molecule has 0 aliphatic heterocycles. The largest absolute Gasteiger partial charge is 0.492 e. The Labute approximate surface area is 108 Å². The van der Waals surface area contributed by atoms with Gasteiger partial charge < -0.3 is 10.1 Å². The molecule has 2 saturated carbocycles. The molecule has 2 atom stereocenters. The number of ether oxygens (including phenoxy) is 1. The van der Waals surface area contributed by atoms with Crippen molar-refractivity contribution in [3.63, 3.8) is 0 Å². The highest BCUT2D eigenvalue weighted by molar-refractivity contribution is 5.94. The molecule has 0 aromatic heterocycles. The Morgan fingerprint density at radius 2 is 2.00 bits per heavy atom. The van der Waals surface area contributed by atoms with Crippen LogP contribution in [0.15, 0.2) is 24.3 Å². The second-order valence-corrected chi connectivity index (χ2v) is 5.34. The summed E-state index contributed by atoms with van der Waals surface area (Å²) in [5.74, 6) is 2.81. The van der Waals surface area contributed by atoms with Crippen molar-refractivity contribution in [3.8, 4) is 5.75 Å². The lowest BCUT2D eigenvalue weighted by molar-refractivity contribution is -0.120. The summed E-state index contributed by atoms with van der Waals surface area (Å²) in [5.41, 5.74) is 0.796. The summed E-state index contributed by atoms with van der Waals surface area (Å²) < 4.78 is 5.52. The van der Waals surface area contributed by atoms with Crippen LogP contribution in [0.4, 0.5) is 5.69 Å². The summed E-state index contributed by atoms with van der Waals surface area (Å²) in [5, 5.41) is 3.01. The number of para-hydroxylation sites is 2. The van der Waals surface area contributed by atoms with E-state index in [1.165, 1.54) is 6.42 Å². The SMILES string of the molecule is CCOc1ccccc1NC(=O)C1CC2CC2C1. The zero-order chi connectivity index (χ0) is 12.5. The van der Waals surface area contributed by atoms with Crippen molar-refractivity contribution < 1.29 is 9.53 Å². The van der Waals surface area contributed by atoms with Crippen molar-refractivity contribution in [1.29, 1.82) is 0 Å². The van der Waals surface area contributed by atoms with Crippen LogP contribution in [0.1, 0.15) is 26.2 Å². The second-order valence-electron chi connectivity index (χ2n) is 5.34. The maximum Gasteiger partial charge on any atom is 0.227 e. The van der Waals surface area contributed by atoms with Crippen LogP contribution in [-0.2, 0) is 4.79 Å². The molecule has 0 radical (unpaired) electrons. The van der Waals surface area contributed by atoms with E-state index in [9.17, 15) is 4.79 Å².